The van der Waals surface area contributed by atoms with Crippen LogP contribution in [0.3, 0.4) is 0 Å². The lowest BCUT2D eigenvalue weighted by Crippen LogP contribution is -2.14. The molecule has 0 radical (unpaired) electrons. The van der Waals surface area contributed by atoms with Gasteiger partial charge in [0.2, 0.25) is 0 Å². The van der Waals surface area contributed by atoms with E-state index in [-0.39, 0.29) is 0 Å². The normalized spacial score (nSPS) is 13.2. The summed E-state index contributed by atoms with van der Waals surface area (Å²) in [5.74, 6) is 1.04. The number of hydrogen-bond donors (Lipinski definition) is 0. The summed E-state index contributed by atoms with van der Waals surface area (Å²) < 4.78 is 20.7. The Balaban J connectivity index is 2.06. The molecule has 1 aliphatic rings. The summed E-state index contributed by atoms with van der Waals surface area (Å²) in [6.07, 6.45) is 7.46. The van der Waals surface area contributed by atoms with Crippen LogP contribution in [0.15, 0.2) is 55.8 Å². The molecule has 2 aromatic heterocycles. The first-order chi connectivity index (χ1) is 9.70. The zero-order valence-electron chi connectivity index (χ0n) is 10.7. The minimum absolute atomic E-state index is 0.310. The van der Waals surface area contributed by atoms with Gasteiger partial charge in [-0.2, -0.15) is 0 Å². The molecule has 1 aliphatic heterocycles. The number of allylic oxidation sites excluding steroid dienone is 4. The lowest BCUT2D eigenvalue weighted by atomic mass is 10.2. The van der Waals surface area contributed by atoms with Gasteiger partial charge < -0.3 is 4.74 Å². The third-order valence-electron chi connectivity index (χ3n) is 3.06. The first-order valence-corrected chi connectivity index (χ1v) is 6.02. The molecule has 0 atom stereocenters. The Kier molecular flexibility index (Phi) is 2.95. The van der Waals surface area contributed by atoms with Crippen LogP contribution in [-0.2, 0) is 6.73 Å². The van der Waals surface area contributed by atoms with Crippen molar-refractivity contribution in [2.45, 2.75) is 6.73 Å². The van der Waals surface area contributed by atoms with Gasteiger partial charge in [0.25, 0.3) is 0 Å². The second-order valence-corrected chi connectivity index (χ2v) is 4.30. The second kappa shape index (κ2) is 4.77. The number of aromatic nitrogens is 3. The molecule has 5 heteroatoms. The zero-order valence-corrected chi connectivity index (χ0v) is 10.7. The second-order valence-electron chi connectivity index (χ2n) is 4.30. The highest BCUT2D eigenvalue weighted by Crippen LogP contribution is 2.34. The molecule has 0 unspecified atom stereocenters. The van der Waals surface area contributed by atoms with Crippen molar-refractivity contribution in [1.29, 1.82) is 0 Å². The van der Waals surface area contributed by atoms with Crippen molar-refractivity contribution in [2.75, 3.05) is 0 Å². The minimum atomic E-state index is -0.440. The molecule has 0 aliphatic carbocycles. The third kappa shape index (κ3) is 1.93. The monoisotopic (exact) mass is 269 g/mol. The van der Waals surface area contributed by atoms with E-state index in [4.69, 9.17) is 4.74 Å². The summed E-state index contributed by atoms with van der Waals surface area (Å²) in [4.78, 5) is 8.43. The smallest absolute Gasteiger partial charge is 0.167 e. The SMILES string of the molecule is C=C/C(F)=C\C(=C)c1cnc2n1COc1ccncc1-2. The van der Waals surface area contributed by atoms with Gasteiger partial charge in [0, 0.05) is 12.4 Å². The number of rotatable bonds is 3. The van der Waals surface area contributed by atoms with E-state index in [1.807, 2.05) is 4.57 Å². The average Bonchev–Trinajstić information content (AvgIpc) is 2.91. The quantitative estimate of drug-likeness (QED) is 0.802. The molecule has 20 heavy (non-hydrogen) atoms. The fraction of sp³-hybridized carbons (Fsp3) is 0.0667. The van der Waals surface area contributed by atoms with Crippen LogP contribution in [0.5, 0.6) is 5.75 Å². The van der Waals surface area contributed by atoms with Crippen LogP contribution in [0.1, 0.15) is 5.69 Å². The molecular weight excluding hydrogens is 257 g/mol. The Morgan fingerprint density at radius 1 is 1.45 bits per heavy atom. The van der Waals surface area contributed by atoms with E-state index in [0.29, 0.717) is 18.0 Å². The summed E-state index contributed by atoms with van der Waals surface area (Å²) in [7, 11) is 0. The Hall–Kier alpha value is -2.69. The van der Waals surface area contributed by atoms with Crippen LogP contribution in [0.4, 0.5) is 4.39 Å². The van der Waals surface area contributed by atoms with E-state index in [1.165, 1.54) is 6.08 Å². The number of hydrogen-bond acceptors (Lipinski definition) is 3. The Morgan fingerprint density at radius 2 is 2.30 bits per heavy atom. The maximum absolute atomic E-state index is 13.3. The highest BCUT2D eigenvalue weighted by atomic mass is 19.1. The molecule has 2 aromatic rings. The number of nitrogens with zero attached hydrogens (tertiary/aromatic N) is 3. The van der Waals surface area contributed by atoms with E-state index < -0.39 is 5.83 Å². The topological polar surface area (TPSA) is 39.9 Å². The van der Waals surface area contributed by atoms with Gasteiger partial charge in [0.05, 0.1) is 17.5 Å². The molecule has 4 nitrogen and oxygen atoms in total. The maximum Gasteiger partial charge on any atom is 0.167 e. The van der Waals surface area contributed by atoms with Gasteiger partial charge in [-0.25, -0.2) is 9.37 Å². The maximum atomic E-state index is 13.3. The predicted molar refractivity (Wildman–Crippen MR) is 74.5 cm³/mol. The van der Waals surface area contributed by atoms with E-state index >= 15 is 0 Å². The molecule has 0 amide bonds. The van der Waals surface area contributed by atoms with Crippen LogP contribution in [0.2, 0.25) is 0 Å². The molecule has 0 aromatic carbocycles. The lowest BCUT2D eigenvalue weighted by Gasteiger charge is -2.20. The van der Waals surface area contributed by atoms with Crippen molar-refractivity contribution < 1.29 is 9.13 Å². The summed E-state index contributed by atoms with van der Waals surface area (Å²) in [6, 6.07) is 1.79. The Labute approximate surface area is 115 Å². The van der Waals surface area contributed by atoms with Crippen LogP contribution >= 0.6 is 0 Å². The molecule has 0 spiro atoms. The van der Waals surface area contributed by atoms with Gasteiger partial charge in [-0.1, -0.05) is 13.2 Å². The highest BCUT2D eigenvalue weighted by molar-refractivity contribution is 5.74. The number of fused-ring (bicyclic) bond motifs is 3. The van der Waals surface area contributed by atoms with Crippen molar-refractivity contribution in [3.05, 3.63) is 61.5 Å². The summed E-state index contributed by atoms with van der Waals surface area (Å²) in [5.41, 5.74) is 2.02. The lowest BCUT2D eigenvalue weighted by molar-refractivity contribution is 0.228. The number of halogens is 1. The van der Waals surface area contributed by atoms with Gasteiger partial charge >= 0.3 is 0 Å². The standard InChI is InChI=1S/C15H12FN3O/c1-3-11(16)6-10(2)13-8-18-15-12-7-17-5-4-14(12)20-9-19(13)15/h3-8H,1-2,9H2/b11-6+. The van der Waals surface area contributed by atoms with E-state index in [2.05, 4.69) is 23.1 Å². The van der Waals surface area contributed by atoms with E-state index in [0.717, 1.165) is 23.2 Å². The summed E-state index contributed by atoms with van der Waals surface area (Å²) in [5, 5.41) is 0. The van der Waals surface area contributed by atoms with Crippen LogP contribution in [0.25, 0.3) is 17.0 Å². The predicted octanol–water partition coefficient (Wildman–Crippen LogP) is 3.35. The first-order valence-electron chi connectivity index (χ1n) is 6.02. The fourth-order valence-corrected chi connectivity index (χ4v) is 2.09. The Morgan fingerprint density at radius 3 is 3.10 bits per heavy atom. The highest BCUT2D eigenvalue weighted by Gasteiger charge is 2.21. The molecule has 0 saturated heterocycles. The Bertz CT molecular complexity index is 730. The van der Waals surface area contributed by atoms with Crippen LogP contribution in [0, 0.1) is 0 Å². The summed E-state index contributed by atoms with van der Waals surface area (Å²) in [6.45, 7) is 7.54. The van der Waals surface area contributed by atoms with Gasteiger partial charge in [-0.15, -0.1) is 0 Å². The fourth-order valence-electron chi connectivity index (χ4n) is 2.09. The summed E-state index contributed by atoms with van der Waals surface area (Å²) >= 11 is 0. The van der Waals surface area contributed by atoms with Gasteiger partial charge in [0.15, 0.2) is 6.73 Å². The molecule has 0 N–H and O–H groups in total. The number of ether oxygens (including phenoxy) is 1. The molecule has 3 heterocycles. The van der Waals surface area contributed by atoms with Gasteiger partial charge in [0.1, 0.15) is 17.4 Å². The molecule has 100 valence electrons. The number of imidazole rings is 1. The van der Waals surface area contributed by atoms with E-state index in [1.54, 1.807) is 24.7 Å². The van der Waals surface area contributed by atoms with Crippen LogP contribution in [-0.4, -0.2) is 14.5 Å². The third-order valence-corrected chi connectivity index (χ3v) is 3.06. The largest absolute Gasteiger partial charge is 0.472 e. The van der Waals surface area contributed by atoms with Crippen molar-refractivity contribution >= 4 is 5.57 Å². The van der Waals surface area contributed by atoms with Crippen LogP contribution < -0.4 is 4.74 Å². The van der Waals surface area contributed by atoms with Crippen molar-refractivity contribution in [3.8, 4) is 17.1 Å². The zero-order chi connectivity index (χ0) is 14.1. The molecule has 0 saturated carbocycles. The molecule has 0 fully saturated rings. The van der Waals surface area contributed by atoms with Crippen molar-refractivity contribution in [2.24, 2.45) is 0 Å². The van der Waals surface area contributed by atoms with Crippen molar-refractivity contribution in [1.82, 2.24) is 14.5 Å². The number of pyridine rings is 1. The van der Waals surface area contributed by atoms with Gasteiger partial charge in [-0.3, -0.25) is 9.55 Å². The van der Waals surface area contributed by atoms with Crippen molar-refractivity contribution in [3.63, 3.8) is 0 Å². The molecule has 3 rings (SSSR count). The molecule has 0 bridgehead atoms. The minimum Gasteiger partial charge on any atom is -0.472 e. The van der Waals surface area contributed by atoms with E-state index in [9.17, 15) is 4.39 Å². The van der Waals surface area contributed by atoms with Gasteiger partial charge in [-0.05, 0) is 23.8 Å². The average molecular weight is 269 g/mol. The first kappa shape index (κ1) is 12.3. The molecular formula is C15H12FN3O.